The normalized spacial score (nSPS) is 13.3. The lowest BCUT2D eigenvalue weighted by atomic mass is 10.0. The minimum absolute atomic E-state index is 0.356. The molecule has 1 nitrogen and oxygen atoms in total. The van der Waals surface area contributed by atoms with Crippen molar-refractivity contribution < 1.29 is 5.11 Å². The summed E-state index contributed by atoms with van der Waals surface area (Å²) in [6.07, 6.45) is 0. The fourth-order valence-corrected chi connectivity index (χ4v) is 0.610. The number of aliphatic hydroxyl groups excluding tert-OH is 1. The molecule has 0 rings (SSSR count). The number of hydrogen-bond donors (Lipinski definition) is 1. The minimum atomic E-state index is 0.356. The first kappa shape index (κ1) is 9.28. The van der Waals surface area contributed by atoms with Crippen LogP contribution < -0.4 is 0 Å². The molecule has 0 atom stereocenters. The van der Waals surface area contributed by atoms with Crippen LogP contribution in [0.2, 0.25) is 0 Å². The van der Waals surface area contributed by atoms with Gasteiger partial charge >= 0.3 is 0 Å². The van der Waals surface area contributed by atoms with E-state index < -0.39 is 0 Å². The largest absolute Gasteiger partial charge is 0.508 e. The third-order valence-corrected chi connectivity index (χ3v) is 1.64. The van der Waals surface area contributed by atoms with Gasteiger partial charge in [0.2, 0.25) is 0 Å². The van der Waals surface area contributed by atoms with E-state index >= 15 is 0 Å². The molecule has 0 fully saturated rings. The van der Waals surface area contributed by atoms with Crippen molar-refractivity contribution in [1.82, 2.24) is 0 Å². The summed E-state index contributed by atoms with van der Waals surface area (Å²) in [6.45, 7) is 11.5. The van der Waals surface area contributed by atoms with E-state index in [1.807, 2.05) is 6.92 Å². The first-order valence-corrected chi connectivity index (χ1v) is 3.52. The van der Waals surface area contributed by atoms with Crippen molar-refractivity contribution in [3.8, 4) is 0 Å². The van der Waals surface area contributed by atoms with E-state index in [9.17, 15) is 5.11 Å². The van der Waals surface area contributed by atoms with Gasteiger partial charge in [0.1, 0.15) is 5.76 Å². The highest BCUT2D eigenvalue weighted by Crippen LogP contribution is 2.16. The Bertz CT molecular complexity index is 164. The van der Waals surface area contributed by atoms with E-state index in [1.165, 1.54) is 0 Å². The maximum atomic E-state index is 9.35. The van der Waals surface area contributed by atoms with Crippen LogP contribution in [-0.2, 0) is 0 Å². The number of hydrogen-bond acceptors (Lipinski definition) is 1. The highest BCUT2D eigenvalue weighted by atomic mass is 16.3. The van der Waals surface area contributed by atoms with E-state index in [0.717, 1.165) is 11.1 Å². The zero-order valence-corrected chi connectivity index (χ0v) is 7.23. The summed E-state index contributed by atoms with van der Waals surface area (Å²) in [6, 6.07) is 0. The summed E-state index contributed by atoms with van der Waals surface area (Å²) in [5, 5.41) is 9.35. The number of allylic oxidation sites excluding steroid dienone is 2. The Hall–Kier alpha value is -0.720. The van der Waals surface area contributed by atoms with Gasteiger partial charge in [-0.3, -0.25) is 0 Å². The Morgan fingerprint density at radius 1 is 1.30 bits per heavy atom. The molecule has 1 N–H and O–H groups in total. The molecule has 0 heterocycles. The van der Waals surface area contributed by atoms with Crippen LogP contribution in [-0.4, -0.2) is 5.11 Å². The first-order valence-electron chi connectivity index (χ1n) is 3.52. The molecule has 0 spiro atoms. The summed E-state index contributed by atoms with van der Waals surface area (Å²) in [5.74, 6) is 0.756. The Balaban J connectivity index is 4.50. The standard InChI is InChI=1S/C9H16O/c1-6(2)8(5)9(10)7(3)4/h6,10H,3H2,1-2,4-5H3/b9-8+. The Labute approximate surface area is 63.1 Å². The number of aliphatic hydroxyl groups is 1. The van der Waals surface area contributed by atoms with Crippen LogP contribution in [0.15, 0.2) is 23.5 Å². The molecule has 0 aliphatic carbocycles. The van der Waals surface area contributed by atoms with Gasteiger partial charge in [0.25, 0.3) is 0 Å². The molecule has 1 heteroatoms. The molecule has 0 unspecified atom stereocenters. The van der Waals surface area contributed by atoms with Crippen molar-refractivity contribution in [2.45, 2.75) is 27.7 Å². The predicted molar refractivity (Wildman–Crippen MR) is 45.0 cm³/mol. The molecule has 10 heavy (non-hydrogen) atoms. The quantitative estimate of drug-likeness (QED) is 0.461. The van der Waals surface area contributed by atoms with Crippen molar-refractivity contribution in [2.24, 2.45) is 5.92 Å². The second-order valence-electron chi connectivity index (χ2n) is 2.97. The van der Waals surface area contributed by atoms with E-state index in [2.05, 4.69) is 20.4 Å². The number of rotatable bonds is 2. The molecule has 0 aliphatic rings. The summed E-state index contributed by atoms with van der Waals surface area (Å²) < 4.78 is 0. The molecule has 0 aromatic rings. The van der Waals surface area contributed by atoms with Crippen LogP contribution in [0.1, 0.15) is 27.7 Å². The predicted octanol–water partition coefficient (Wildman–Crippen LogP) is 3.05. The van der Waals surface area contributed by atoms with E-state index in [-0.39, 0.29) is 0 Å². The summed E-state index contributed by atoms with van der Waals surface area (Å²) >= 11 is 0. The van der Waals surface area contributed by atoms with Crippen LogP contribution in [0, 0.1) is 5.92 Å². The zero-order valence-electron chi connectivity index (χ0n) is 7.23. The monoisotopic (exact) mass is 140 g/mol. The molecule has 0 radical (unpaired) electrons. The van der Waals surface area contributed by atoms with Crippen molar-refractivity contribution in [3.05, 3.63) is 23.5 Å². The van der Waals surface area contributed by atoms with E-state index in [1.54, 1.807) is 6.92 Å². The molecule has 0 bridgehead atoms. The van der Waals surface area contributed by atoms with Crippen molar-refractivity contribution in [2.75, 3.05) is 0 Å². The molecule has 0 aliphatic heterocycles. The van der Waals surface area contributed by atoms with E-state index in [0.29, 0.717) is 11.7 Å². The molecular formula is C9H16O. The summed E-state index contributed by atoms with van der Waals surface area (Å²) in [7, 11) is 0. The van der Waals surface area contributed by atoms with Crippen molar-refractivity contribution in [3.63, 3.8) is 0 Å². The van der Waals surface area contributed by atoms with Crippen LogP contribution in [0.3, 0.4) is 0 Å². The Morgan fingerprint density at radius 2 is 1.70 bits per heavy atom. The van der Waals surface area contributed by atoms with Crippen molar-refractivity contribution in [1.29, 1.82) is 0 Å². The van der Waals surface area contributed by atoms with Crippen molar-refractivity contribution >= 4 is 0 Å². The lowest BCUT2D eigenvalue weighted by Gasteiger charge is -2.08. The fraction of sp³-hybridized carbons (Fsp3) is 0.556. The molecular weight excluding hydrogens is 124 g/mol. The molecule has 58 valence electrons. The lowest BCUT2D eigenvalue weighted by Crippen LogP contribution is -1.95. The topological polar surface area (TPSA) is 20.2 Å². The van der Waals surface area contributed by atoms with Gasteiger partial charge in [-0.2, -0.15) is 0 Å². The zero-order chi connectivity index (χ0) is 8.31. The van der Waals surface area contributed by atoms with E-state index in [4.69, 9.17) is 0 Å². The maximum absolute atomic E-state index is 9.35. The van der Waals surface area contributed by atoms with Crippen LogP contribution >= 0.6 is 0 Å². The summed E-state index contributed by atoms with van der Waals surface area (Å²) in [5.41, 5.74) is 1.75. The Kier molecular flexibility index (Phi) is 3.20. The minimum Gasteiger partial charge on any atom is -0.508 e. The van der Waals surface area contributed by atoms with Gasteiger partial charge in [-0.1, -0.05) is 20.4 Å². The molecule has 0 aromatic carbocycles. The smallest absolute Gasteiger partial charge is 0.117 e. The third-order valence-electron chi connectivity index (χ3n) is 1.64. The van der Waals surface area contributed by atoms with Gasteiger partial charge in [0.15, 0.2) is 0 Å². The first-order chi connectivity index (χ1) is 4.46. The van der Waals surface area contributed by atoms with Crippen LogP contribution in [0.4, 0.5) is 0 Å². The molecule has 0 saturated heterocycles. The van der Waals surface area contributed by atoms with Gasteiger partial charge in [-0.15, -0.1) is 0 Å². The van der Waals surface area contributed by atoms with Crippen LogP contribution in [0.5, 0.6) is 0 Å². The average molecular weight is 140 g/mol. The van der Waals surface area contributed by atoms with Gasteiger partial charge in [0.05, 0.1) is 0 Å². The second kappa shape index (κ2) is 3.45. The fourth-order valence-electron chi connectivity index (χ4n) is 0.610. The molecule has 0 saturated carbocycles. The molecule has 0 aromatic heterocycles. The summed E-state index contributed by atoms with van der Waals surface area (Å²) in [4.78, 5) is 0. The third kappa shape index (κ3) is 2.26. The van der Waals surface area contributed by atoms with Crippen LogP contribution in [0.25, 0.3) is 0 Å². The SMILES string of the molecule is C=C(C)/C(O)=C(/C)C(C)C. The van der Waals surface area contributed by atoms with Gasteiger partial charge in [0, 0.05) is 0 Å². The van der Waals surface area contributed by atoms with Gasteiger partial charge in [-0.25, -0.2) is 0 Å². The molecule has 0 amide bonds. The maximum Gasteiger partial charge on any atom is 0.117 e. The highest BCUT2D eigenvalue weighted by molar-refractivity contribution is 5.24. The Morgan fingerprint density at radius 3 is 1.80 bits per heavy atom. The van der Waals surface area contributed by atoms with Gasteiger partial charge < -0.3 is 5.11 Å². The van der Waals surface area contributed by atoms with Gasteiger partial charge in [-0.05, 0) is 30.9 Å². The highest BCUT2D eigenvalue weighted by Gasteiger charge is 2.03. The lowest BCUT2D eigenvalue weighted by molar-refractivity contribution is 0.408. The average Bonchev–Trinajstić information content (AvgIpc) is 1.84. The second-order valence-corrected chi connectivity index (χ2v) is 2.97.